The normalized spacial score (nSPS) is 10.7. The molecule has 0 heterocycles. The molecule has 0 aliphatic rings. The Balaban J connectivity index is 2.18. The summed E-state index contributed by atoms with van der Waals surface area (Å²) in [5.41, 5.74) is 1.19. The second-order valence-corrected chi connectivity index (χ2v) is 5.88. The zero-order valence-electron chi connectivity index (χ0n) is 11.9. The van der Waals surface area contributed by atoms with Gasteiger partial charge < -0.3 is 4.74 Å². The maximum absolute atomic E-state index is 13.3. The van der Waals surface area contributed by atoms with Crippen molar-refractivity contribution in [2.24, 2.45) is 0 Å². The van der Waals surface area contributed by atoms with E-state index < -0.39 is 0 Å². The maximum Gasteiger partial charge on any atom is 0.167 e. The molecule has 0 saturated heterocycles. The third-order valence-corrected chi connectivity index (χ3v) is 3.66. The van der Waals surface area contributed by atoms with Crippen molar-refractivity contribution in [3.05, 3.63) is 63.9 Å². The monoisotopic (exact) mass is 350 g/mol. The number of Topliss-reactive ketones (excluding diaryl/α,β-unsaturated/α-hetero) is 1. The summed E-state index contributed by atoms with van der Waals surface area (Å²) in [5, 5.41) is 0. The number of carbonyl (C=O) groups excluding carboxylic acids is 1. The summed E-state index contributed by atoms with van der Waals surface area (Å²) in [6.45, 7) is 3.86. The van der Waals surface area contributed by atoms with Crippen LogP contribution in [0.25, 0.3) is 0 Å². The highest BCUT2D eigenvalue weighted by atomic mass is 79.9. The quantitative estimate of drug-likeness (QED) is 0.724. The van der Waals surface area contributed by atoms with E-state index in [1.165, 1.54) is 12.1 Å². The summed E-state index contributed by atoms with van der Waals surface area (Å²) in [5.74, 6) is 0.238. The van der Waals surface area contributed by atoms with Crippen molar-refractivity contribution in [2.45, 2.75) is 26.4 Å². The zero-order valence-corrected chi connectivity index (χ0v) is 13.5. The van der Waals surface area contributed by atoms with Crippen LogP contribution in [0, 0.1) is 5.82 Å². The minimum atomic E-state index is -0.349. The smallest absolute Gasteiger partial charge is 0.167 e. The second kappa shape index (κ2) is 6.85. The molecular formula is C17H16BrFO2. The van der Waals surface area contributed by atoms with E-state index in [4.69, 9.17) is 4.74 Å². The van der Waals surface area contributed by atoms with Crippen molar-refractivity contribution in [1.29, 1.82) is 0 Å². The van der Waals surface area contributed by atoms with Gasteiger partial charge in [0.2, 0.25) is 0 Å². The van der Waals surface area contributed by atoms with Gasteiger partial charge in [0.1, 0.15) is 11.6 Å². The van der Waals surface area contributed by atoms with Crippen molar-refractivity contribution in [1.82, 2.24) is 0 Å². The average molecular weight is 351 g/mol. The lowest BCUT2D eigenvalue weighted by Gasteiger charge is -2.11. The summed E-state index contributed by atoms with van der Waals surface area (Å²) in [7, 11) is 0. The van der Waals surface area contributed by atoms with E-state index in [1.807, 2.05) is 19.9 Å². The molecule has 0 aromatic heterocycles. The molecule has 0 amide bonds. The Morgan fingerprint density at radius 1 is 1.24 bits per heavy atom. The zero-order chi connectivity index (χ0) is 15.4. The van der Waals surface area contributed by atoms with Crippen LogP contribution in [0.4, 0.5) is 4.39 Å². The number of carbonyl (C=O) groups is 1. The molecule has 0 unspecified atom stereocenters. The lowest BCUT2D eigenvalue weighted by molar-refractivity contribution is 0.0992. The topological polar surface area (TPSA) is 26.3 Å². The van der Waals surface area contributed by atoms with Gasteiger partial charge in [-0.3, -0.25) is 4.79 Å². The lowest BCUT2D eigenvalue weighted by atomic mass is 10.0. The van der Waals surface area contributed by atoms with Crippen LogP contribution >= 0.6 is 15.9 Å². The van der Waals surface area contributed by atoms with Crippen molar-refractivity contribution < 1.29 is 13.9 Å². The minimum absolute atomic E-state index is 0.0488. The average Bonchev–Trinajstić information content (AvgIpc) is 2.42. The van der Waals surface area contributed by atoms with Crippen LogP contribution in [0.2, 0.25) is 0 Å². The van der Waals surface area contributed by atoms with Crippen LogP contribution in [0.3, 0.4) is 0 Å². The van der Waals surface area contributed by atoms with Crippen LogP contribution in [-0.2, 0) is 6.42 Å². The third-order valence-electron chi connectivity index (χ3n) is 2.89. The number of ether oxygens (including phenoxy) is 1. The van der Waals surface area contributed by atoms with Gasteiger partial charge in [-0.2, -0.15) is 0 Å². The van der Waals surface area contributed by atoms with E-state index in [0.29, 0.717) is 16.9 Å². The molecule has 0 radical (unpaired) electrons. The highest BCUT2D eigenvalue weighted by Crippen LogP contribution is 2.21. The van der Waals surface area contributed by atoms with E-state index in [9.17, 15) is 9.18 Å². The van der Waals surface area contributed by atoms with Gasteiger partial charge in [0.25, 0.3) is 0 Å². The molecule has 0 bridgehead atoms. The van der Waals surface area contributed by atoms with E-state index in [-0.39, 0.29) is 24.1 Å². The fourth-order valence-corrected chi connectivity index (χ4v) is 2.36. The molecule has 0 fully saturated rings. The molecule has 0 atom stereocenters. The van der Waals surface area contributed by atoms with Crippen molar-refractivity contribution in [2.75, 3.05) is 0 Å². The maximum atomic E-state index is 13.3. The Morgan fingerprint density at radius 2 is 2.00 bits per heavy atom. The Morgan fingerprint density at radius 3 is 2.71 bits per heavy atom. The Bertz CT molecular complexity index is 653. The molecule has 0 N–H and O–H groups in total. The molecule has 2 aromatic carbocycles. The highest BCUT2D eigenvalue weighted by Gasteiger charge is 2.11. The van der Waals surface area contributed by atoms with E-state index in [1.54, 1.807) is 24.3 Å². The third kappa shape index (κ3) is 4.39. The van der Waals surface area contributed by atoms with Gasteiger partial charge in [0.05, 0.1) is 6.10 Å². The SMILES string of the molecule is CC(C)Oc1cccc(C(=O)Cc2cc(F)ccc2Br)c1. The Kier molecular flexibility index (Phi) is 5.12. The van der Waals surface area contributed by atoms with E-state index >= 15 is 0 Å². The second-order valence-electron chi connectivity index (χ2n) is 5.03. The first-order valence-corrected chi connectivity index (χ1v) is 7.49. The van der Waals surface area contributed by atoms with Crippen LogP contribution < -0.4 is 4.74 Å². The molecule has 21 heavy (non-hydrogen) atoms. The molecule has 0 aliphatic carbocycles. The fraction of sp³-hybridized carbons (Fsp3) is 0.235. The van der Waals surface area contributed by atoms with Crippen molar-refractivity contribution >= 4 is 21.7 Å². The van der Waals surface area contributed by atoms with Gasteiger partial charge in [0.15, 0.2) is 5.78 Å². The predicted octanol–water partition coefficient (Wildman–Crippen LogP) is 4.80. The first-order valence-electron chi connectivity index (χ1n) is 6.69. The number of hydrogen-bond donors (Lipinski definition) is 0. The Hall–Kier alpha value is -1.68. The standard InChI is InChI=1S/C17H16BrFO2/c1-11(2)21-15-5-3-4-12(9-15)17(20)10-13-8-14(19)6-7-16(13)18/h3-9,11H,10H2,1-2H3. The van der Waals surface area contributed by atoms with Crippen molar-refractivity contribution in [3.63, 3.8) is 0 Å². The van der Waals surface area contributed by atoms with E-state index in [0.717, 1.165) is 4.47 Å². The van der Waals surface area contributed by atoms with Crippen LogP contribution in [0.1, 0.15) is 29.8 Å². The molecule has 0 spiro atoms. The largest absolute Gasteiger partial charge is 0.491 e. The number of halogens is 2. The number of rotatable bonds is 5. The number of hydrogen-bond acceptors (Lipinski definition) is 2. The van der Waals surface area contributed by atoms with Gasteiger partial charge in [-0.1, -0.05) is 28.1 Å². The van der Waals surface area contributed by atoms with Gasteiger partial charge >= 0.3 is 0 Å². The molecule has 110 valence electrons. The first kappa shape index (κ1) is 15.7. The summed E-state index contributed by atoms with van der Waals surface area (Å²) >= 11 is 3.34. The summed E-state index contributed by atoms with van der Waals surface area (Å²) in [4.78, 5) is 12.3. The minimum Gasteiger partial charge on any atom is -0.491 e. The molecular weight excluding hydrogens is 335 g/mol. The van der Waals surface area contributed by atoms with Crippen molar-refractivity contribution in [3.8, 4) is 5.75 Å². The predicted molar refractivity (Wildman–Crippen MR) is 84.3 cm³/mol. The summed E-state index contributed by atoms with van der Waals surface area (Å²) in [6, 6.07) is 11.4. The van der Waals surface area contributed by atoms with Crippen LogP contribution in [0.15, 0.2) is 46.9 Å². The van der Waals surface area contributed by atoms with E-state index in [2.05, 4.69) is 15.9 Å². The lowest BCUT2D eigenvalue weighted by Crippen LogP contribution is -2.08. The molecule has 2 aromatic rings. The summed E-state index contributed by atoms with van der Waals surface area (Å²) in [6.07, 6.45) is 0.191. The first-order chi connectivity index (χ1) is 9.95. The fourth-order valence-electron chi connectivity index (χ4n) is 1.97. The van der Waals surface area contributed by atoms with Gasteiger partial charge in [-0.15, -0.1) is 0 Å². The molecule has 0 aliphatic heterocycles. The molecule has 2 rings (SSSR count). The molecule has 0 saturated carbocycles. The number of benzene rings is 2. The molecule has 2 nitrogen and oxygen atoms in total. The Labute approximate surface area is 132 Å². The molecule has 4 heteroatoms. The van der Waals surface area contributed by atoms with Gasteiger partial charge in [-0.05, 0) is 49.7 Å². The highest BCUT2D eigenvalue weighted by molar-refractivity contribution is 9.10. The van der Waals surface area contributed by atoms with Crippen LogP contribution in [0.5, 0.6) is 5.75 Å². The summed E-state index contributed by atoms with van der Waals surface area (Å²) < 4.78 is 19.6. The van der Waals surface area contributed by atoms with Crippen LogP contribution in [-0.4, -0.2) is 11.9 Å². The number of ketones is 1. The van der Waals surface area contributed by atoms with Gasteiger partial charge in [0, 0.05) is 16.5 Å². The van der Waals surface area contributed by atoms with Gasteiger partial charge in [-0.25, -0.2) is 4.39 Å².